The van der Waals surface area contributed by atoms with E-state index in [1.165, 1.54) is 0 Å². The fourth-order valence-corrected chi connectivity index (χ4v) is 3.39. The summed E-state index contributed by atoms with van der Waals surface area (Å²) in [5, 5.41) is 21.2. The Morgan fingerprint density at radius 2 is 2.00 bits per heavy atom. The number of aliphatic hydroxyl groups excluding tert-OH is 1. The molecule has 0 radical (unpaired) electrons. The largest absolute Gasteiger partial charge is 0.481 e. The van der Waals surface area contributed by atoms with Crippen LogP contribution in [0, 0.1) is 17.3 Å². The van der Waals surface area contributed by atoms with Gasteiger partial charge in [-0.3, -0.25) is 14.2 Å². The highest BCUT2D eigenvalue weighted by Gasteiger charge is 2.66. The van der Waals surface area contributed by atoms with Crippen LogP contribution in [0.2, 0.25) is 0 Å². The molecule has 2 heterocycles. The van der Waals surface area contributed by atoms with Crippen molar-refractivity contribution in [2.75, 3.05) is 11.9 Å². The van der Waals surface area contributed by atoms with Gasteiger partial charge in [0.2, 0.25) is 12.1 Å². The highest BCUT2D eigenvalue weighted by Crippen LogP contribution is 2.53. The zero-order valence-corrected chi connectivity index (χ0v) is 18.2. The molecule has 1 aromatic heterocycles. The lowest BCUT2D eigenvalue weighted by atomic mass is 9.73. The van der Waals surface area contributed by atoms with Crippen molar-refractivity contribution in [3.8, 4) is 0 Å². The summed E-state index contributed by atoms with van der Waals surface area (Å²) < 4.78 is 36.0. The molecule has 5 N–H and O–H groups in total. The molecule has 0 aromatic carbocycles. The lowest BCUT2D eigenvalue weighted by Crippen LogP contribution is -2.48. The molecule has 4 atom stereocenters. The summed E-state index contributed by atoms with van der Waals surface area (Å²) >= 11 is 0. The Hall–Kier alpha value is -2.15. The van der Waals surface area contributed by atoms with Gasteiger partial charge in [0.25, 0.3) is 5.92 Å². The predicted octanol–water partition coefficient (Wildman–Crippen LogP) is 0.839. The second-order valence-corrected chi connectivity index (χ2v) is 8.15. The number of halogens is 3. The summed E-state index contributed by atoms with van der Waals surface area (Å²) in [5.74, 6) is -8.18. The smallest absolute Gasteiger partial charge is 0.351 e. The van der Waals surface area contributed by atoms with E-state index < -0.39 is 59.8 Å². The van der Waals surface area contributed by atoms with Gasteiger partial charge in [-0.15, -0.1) is 12.4 Å². The molecule has 1 fully saturated rings. The first-order valence-corrected chi connectivity index (χ1v) is 9.28. The number of carboxylic acids is 1. The fourth-order valence-electron chi connectivity index (χ4n) is 3.39. The summed E-state index contributed by atoms with van der Waals surface area (Å²) in [4.78, 5) is 39.4. The summed E-state index contributed by atoms with van der Waals surface area (Å²) in [6.07, 6.45) is -2.75. The molecule has 10 nitrogen and oxygen atoms in total. The van der Waals surface area contributed by atoms with Crippen LogP contribution in [0.5, 0.6) is 0 Å². The maximum atomic E-state index is 15.2. The first-order valence-electron chi connectivity index (χ1n) is 9.28. The Kier molecular flexibility index (Phi) is 8.28. The number of hydrogen-bond donors (Lipinski definition) is 4. The molecule has 0 spiro atoms. The topological polar surface area (TPSA) is 157 Å². The van der Waals surface area contributed by atoms with Crippen LogP contribution >= 0.6 is 12.4 Å². The van der Waals surface area contributed by atoms with E-state index in [0.29, 0.717) is 4.57 Å². The molecule has 0 bridgehead atoms. The van der Waals surface area contributed by atoms with Gasteiger partial charge in [-0.25, -0.2) is 13.6 Å². The molecule has 1 saturated heterocycles. The van der Waals surface area contributed by atoms with E-state index in [9.17, 15) is 24.6 Å². The molecule has 31 heavy (non-hydrogen) atoms. The molecule has 1 amide bonds. The molecule has 1 unspecified atom stereocenters. The number of carboxylic acid groups (broad SMARTS) is 1. The van der Waals surface area contributed by atoms with Crippen LogP contribution in [-0.2, 0) is 14.3 Å². The minimum atomic E-state index is -3.81. The van der Waals surface area contributed by atoms with Gasteiger partial charge in [0, 0.05) is 6.20 Å². The van der Waals surface area contributed by atoms with Crippen LogP contribution in [0.4, 0.5) is 14.6 Å². The number of carbonyl (C=O) groups excluding carboxylic acids is 1. The Morgan fingerprint density at radius 1 is 1.42 bits per heavy atom. The third-order valence-electron chi connectivity index (χ3n) is 5.28. The van der Waals surface area contributed by atoms with Gasteiger partial charge >= 0.3 is 11.7 Å². The van der Waals surface area contributed by atoms with E-state index in [-0.39, 0.29) is 24.1 Å². The Balaban J connectivity index is 0.00000480. The molecule has 0 saturated carbocycles. The lowest BCUT2D eigenvalue weighted by Gasteiger charge is -2.33. The van der Waals surface area contributed by atoms with Crippen molar-refractivity contribution in [2.24, 2.45) is 23.0 Å². The van der Waals surface area contributed by atoms with Crippen molar-refractivity contribution in [2.45, 2.75) is 52.0 Å². The van der Waals surface area contributed by atoms with Gasteiger partial charge in [-0.05, 0) is 25.8 Å². The van der Waals surface area contributed by atoms with E-state index in [4.69, 9.17) is 10.5 Å². The molecule has 0 aliphatic carbocycles. The molecule has 1 aliphatic rings. The van der Waals surface area contributed by atoms with Gasteiger partial charge in [-0.2, -0.15) is 4.98 Å². The average molecular weight is 469 g/mol. The number of aliphatic carboxylic acids is 1. The summed E-state index contributed by atoms with van der Waals surface area (Å²) in [5.41, 5.74) is 2.60. The maximum absolute atomic E-state index is 15.2. The maximum Gasteiger partial charge on any atom is 0.351 e. The second kappa shape index (κ2) is 9.55. The number of aliphatic hydroxyl groups is 1. The van der Waals surface area contributed by atoms with Gasteiger partial charge < -0.3 is 26.0 Å². The van der Waals surface area contributed by atoms with Crippen LogP contribution in [0.15, 0.2) is 17.1 Å². The number of anilines is 1. The standard InChI is InChI=1S/C18H26F2N4O6.ClH/c1-8(2)11(21)13(26)22-10-5-6-24(16(29)23-10)14-18(19,20)12(9(7-25)30-14)17(3,4)15(27)28;/h5-6,8-9,11-12,14,25H,7,21H2,1-4H3,(H,27,28)(H,22,23,26,29);1H/t9-,11?,12-,14+;/m0./s1. The summed E-state index contributed by atoms with van der Waals surface area (Å²) in [7, 11) is 0. The zero-order chi connectivity index (χ0) is 23.0. The third-order valence-corrected chi connectivity index (χ3v) is 5.28. The Bertz CT molecular complexity index is 879. The Labute approximate surface area is 183 Å². The summed E-state index contributed by atoms with van der Waals surface area (Å²) in [6, 6.07) is 0.260. The number of nitrogens with two attached hydrogens (primary N) is 1. The van der Waals surface area contributed by atoms with E-state index in [1.807, 2.05) is 0 Å². The van der Waals surface area contributed by atoms with E-state index in [2.05, 4.69) is 10.3 Å². The molecule has 2 rings (SSSR count). The number of carbonyl (C=O) groups is 2. The fraction of sp³-hybridized carbons (Fsp3) is 0.667. The first-order chi connectivity index (χ1) is 13.7. The lowest BCUT2D eigenvalue weighted by molar-refractivity contribution is -0.167. The number of rotatable bonds is 7. The minimum Gasteiger partial charge on any atom is -0.481 e. The number of hydrogen-bond acceptors (Lipinski definition) is 7. The number of alkyl halides is 2. The quantitative estimate of drug-likeness (QED) is 0.458. The number of nitrogens with zero attached hydrogens (tertiary/aromatic N) is 2. The summed E-state index contributed by atoms with van der Waals surface area (Å²) in [6.45, 7) is 4.78. The van der Waals surface area contributed by atoms with Crippen LogP contribution in [0.25, 0.3) is 0 Å². The average Bonchev–Trinajstić information content (AvgIpc) is 2.91. The van der Waals surface area contributed by atoms with Crippen molar-refractivity contribution in [1.29, 1.82) is 0 Å². The monoisotopic (exact) mass is 468 g/mol. The molecule has 1 aliphatic heterocycles. The third kappa shape index (κ3) is 5.03. The van der Waals surface area contributed by atoms with E-state index in [0.717, 1.165) is 26.1 Å². The van der Waals surface area contributed by atoms with Gasteiger partial charge in [0.1, 0.15) is 5.82 Å². The van der Waals surface area contributed by atoms with E-state index in [1.54, 1.807) is 13.8 Å². The van der Waals surface area contributed by atoms with Crippen molar-refractivity contribution in [3.05, 3.63) is 22.7 Å². The van der Waals surface area contributed by atoms with Gasteiger partial charge in [-0.1, -0.05) is 13.8 Å². The molecular weight excluding hydrogens is 442 g/mol. The van der Waals surface area contributed by atoms with E-state index >= 15 is 8.78 Å². The highest BCUT2D eigenvalue weighted by molar-refractivity contribution is 5.93. The number of ether oxygens (including phenoxy) is 1. The van der Waals surface area contributed by atoms with Crippen LogP contribution in [-0.4, -0.2) is 56.3 Å². The van der Waals surface area contributed by atoms with Crippen molar-refractivity contribution in [1.82, 2.24) is 9.55 Å². The predicted molar refractivity (Wildman–Crippen MR) is 108 cm³/mol. The SMILES string of the molecule is CC(C)C(N)C(=O)Nc1ccn([C@@H]2O[C@@H](CO)[C@@H](C(C)(C)C(=O)O)C2(F)F)c(=O)n1.Cl. The molecule has 176 valence electrons. The number of aromatic nitrogens is 2. The number of amides is 1. The zero-order valence-electron chi connectivity index (χ0n) is 17.4. The van der Waals surface area contributed by atoms with Crippen molar-refractivity contribution in [3.63, 3.8) is 0 Å². The minimum absolute atomic E-state index is 0. The first kappa shape index (κ1) is 26.9. The molecule has 1 aromatic rings. The van der Waals surface area contributed by atoms with Gasteiger partial charge in [0.15, 0.2) is 0 Å². The normalized spacial score (nSPS) is 23.8. The number of nitrogens with one attached hydrogen (secondary N) is 1. The van der Waals surface area contributed by atoms with Crippen LogP contribution < -0.4 is 16.7 Å². The Morgan fingerprint density at radius 3 is 2.45 bits per heavy atom. The van der Waals surface area contributed by atoms with Crippen molar-refractivity contribution >= 4 is 30.1 Å². The molecule has 13 heteroatoms. The van der Waals surface area contributed by atoms with Gasteiger partial charge in [0.05, 0.1) is 30.1 Å². The van der Waals surface area contributed by atoms with Crippen LogP contribution in [0.1, 0.15) is 33.9 Å². The van der Waals surface area contributed by atoms with Crippen LogP contribution in [0.3, 0.4) is 0 Å². The highest BCUT2D eigenvalue weighted by atomic mass is 35.5. The van der Waals surface area contributed by atoms with Crippen molar-refractivity contribution < 1.29 is 33.3 Å². The second-order valence-electron chi connectivity index (χ2n) is 8.15. The molecular formula is C18H27ClF2N4O6.